The summed E-state index contributed by atoms with van der Waals surface area (Å²) in [5, 5.41) is 10.9. The molecule has 4 aromatic rings. The molecule has 0 aliphatic carbocycles. The fourth-order valence-corrected chi connectivity index (χ4v) is 4.34. The Balaban J connectivity index is 1.20. The largest absolute Gasteiger partial charge is 0.353 e. The zero-order valence-electron chi connectivity index (χ0n) is 17.3. The summed E-state index contributed by atoms with van der Waals surface area (Å²) in [6.45, 7) is 0.948. The number of anilines is 3. The molecule has 1 aliphatic heterocycles. The van der Waals surface area contributed by atoms with Crippen molar-refractivity contribution in [2.75, 3.05) is 28.0 Å². The van der Waals surface area contributed by atoms with Gasteiger partial charge in [-0.05, 0) is 30.3 Å². The first-order valence-corrected chi connectivity index (χ1v) is 11.3. The van der Waals surface area contributed by atoms with E-state index >= 15 is 0 Å². The Hall–Kier alpha value is -4.20. The van der Waals surface area contributed by atoms with Crippen molar-refractivity contribution in [2.45, 2.75) is 4.90 Å². The lowest BCUT2D eigenvalue weighted by molar-refractivity contribution is -0.120. The summed E-state index contributed by atoms with van der Waals surface area (Å²) in [7, 11) is -2.09. The average molecular weight is 466 g/mol. The Morgan fingerprint density at radius 3 is 2.52 bits per heavy atom. The molecule has 14 heteroatoms. The van der Waals surface area contributed by atoms with E-state index in [0.717, 1.165) is 0 Å². The first-order chi connectivity index (χ1) is 15.9. The van der Waals surface area contributed by atoms with E-state index in [4.69, 9.17) is 0 Å². The molecule has 0 unspecified atom stereocenters. The number of aryl methyl sites for hydroxylation is 1. The Bertz CT molecular complexity index is 1420. The van der Waals surface area contributed by atoms with Gasteiger partial charge in [-0.2, -0.15) is 0 Å². The van der Waals surface area contributed by atoms with Crippen molar-refractivity contribution < 1.29 is 13.2 Å². The third-order valence-electron chi connectivity index (χ3n) is 5.14. The number of sulfonamides is 1. The molecule has 1 aliphatic rings. The maximum atomic E-state index is 12.6. The predicted molar refractivity (Wildman–Crippen MR) is 118 cm³/mol. The standard InChI is InChI=1S/C19H18N10O3S/c1-28-16-15(25-27-28)17(23-11-22-16)29-9-12(10-29)18(30)24-13-3-5-14(6-4-13)33(31,32)26-19-20-7-2-8-21-19/h2-8,11-12H,9-10H2,1H3,(H,24,30)(H,20,21,26). The number of hydrogen-bond donors (Lipinski definition) is 2. The van der Waals surface area contributed by atoms with Crippen LogP contribution in [0.15, 0.2) is 53.9 Å². The summed E-state index contributed by atoms with van der Waals surface area (Å²) < 4.78 is 28.8. The number of nitrogens with one attached hydrogen (secondary N) is 2. The van der Waals surface area contributed by atoms with Crippen LogP contribution in [0.2, 0.25) is 0 Å². The van der Waals surface area contributed by atoms with Gasteiger partial charge in [0.1, 0.15) is 6.33 Å². The van der Waals surface area contributed by atoms with Crippen molar-refractivity contribution in [3.63, 3.8) is 0 Å². The minimum atomic E-state index is -3.84. The van der Waals surface area contributed by atoms with Gasteiger partial charge >= 0.3 is 0 Å². The van der Waals surface area contributed by atoms with E-state index in [1.165, 1.54) is 43.0 Å². The van der Waals surface area contributed by atoms with E-state index in [2.05, 4.69) is 40.3 Å². The average Bonchev–Trinajstić information content (AvgIpc) is 3.15. The lowest BCUT2D eigenvalue weighted by Gasteiger charge is -2.38. The van der Waals surface area contributed by atoms with Gasteiger partial charge in [0.2, 0.25) is 11.9 Å². The van der Waals surface area contributed by atoms with E-state index < -0.39 is 10.0 Å². The van der Waals surface area contributed by atoms with Gasteiger partial charge in [0.05, 0.1) is 10.8 Å². The van der Waals surface area contributed by atoms with Crippen LogP contribution in [0, 0.1) is 5.92 Å². The van der Waals surface area contributed by atoms with Gasteiger partial charge in [-0.1, -0.05) is 5.21 Å². The van der Waals surface area contributed by atoms with E-state index in [9.17, 15) is 13.2 Å². The molecule has 1 amide bonds. The molecule has 4 heterocycles. The van der Waals surface area contributed by atoms with Crippen molar-refractivity contribution >= 4 is 44.5 Å². The second kappa shape index (κ2) is 8.05. The Morgan fingerprint density at radius 1 is 1.06 bits per heavy atom. The molecular weight excluding hydrogens is 448 g/mol. The maximum absolute atomic E-state index is 12.6. The second-order valence-electron chi connectivity index (χ2n) is 7.38. The third kappa shape index (κ3) is 4.03. The molecule has 2 N–H and O–H groups in total. The lowest BCUT2D eigenvalue weighted by Crippen LogP contribution is -2.52. The minimum Gasteiger partial charge on any atom is -0.353 e. The molecule has 168 valence electrons. The van der Waals surface area contributed by atoms with Crippen molar-refractivity contribution in [2.24, 2.45) is 13.0 Å². The van der Waals surface area contributed by atoms with Gasteiger partial charge < -0.3 is 10.2 Å². The third-order valence-corrected chi connectivity index (χ3v) is 6.49. The fraction of sp³-hybridized carbons (Fsp3) is 0.211. The Kier molecular flexibility index (Phi) is 5.05. The smallest absolute Gasteiger partial charge is 0.264 e. The summed E-state index contributed by atoms with van der Waals surface area (Å²) in [5.41, 5.74) is 1.70. The molecule has 5 rings (SSSR count). The first-order valence-electron chi connectivity index (χ1n) is 9.87. The molecule has 1 saturated heterocycles. The molecule has 0 radical (unpaired) electrons. The highest BCUT2D eigenvalue weighted by Crippen LogP contribution is 2.28. The predicted octanol–water partition coefficient (Wildman–Crippen LogP) is 0.424. The molecule has 0 saturated carbocycles. The number of nitrogens with zero attached hydrogens (tertiary/aromatic N) is 8. The molecule has 0 spiro atoms. The minimum absolute atomic E-state index is 0.0214. The molecule has 1 fully saturated rings. The summed E-state index contributed by atoms with van der Waals surface area (Å²) >= 11 is 0. The van der Waals surface area contributed by atoms with E-state index in [1.807, 2.05) is 4.90 Å². The number of hydrogen-bond acceptors (Lipinski definition) is 10. The summed E-state index contributed by atoms with van der Waals surface area (Å²) in [5.74, 6) is 0.211. The van der Waals surface area contributed by atoms with Crippen LogP contribution in [-0.4, -0.2) is 62.3 Å². The molecule has 3 aromatic heterocycles. The van der Waals surface area contributed by atoms with Gasteiger partial charge in [-0.25, -0.2) is 37.8 Å². The van der Waals surface area contributed by atoms with Crippen LogP contribution in [-0.2, 0) is 21.9 Å². The number of rotatable bonds is 6. The molecule has 33 heavy (non-hydrogen) atoms. The molecule has 13 nitrogen and oxygen atoms in total. The first kappa shape index (κ1) is 20.7. The van der Waals surface area contributed by atoms with Crippen molar-refractivity contribution in [3.05, 3.63) is 49.1 Å². The van der Waals surface area contributed by atoms with Crippen LogP contribution in [0.5, 0.6) is 0 Å². The number of aromatic nitrogens is 7. The quantitative estimate of drug-likeness (QED) is 0.407. The van der Waals surface area contributed by atoms with Crippen molar-refractivity contribution in [1.29, 1.82) is 0 Å². The number of fused-ring (bicyclic) bond motifs is 1. The highest BCUT2D eigenvalue weighted by molar-refractivity contribution is 7.92. The maximum Gasteiger partial charge on any atom is 0.264 e. The van der Waals surface area contributed by atoms with Crippen LogP contribution in [0.3, 0.4) is 0 Å². The zero-order chi connectivity index (χ0) is 23.0. The summed E-state index contributed by atoms with van der Waals surface area (Å²) in [4.78, 5) is 30.7. The SMILES string of the molecule is Cn1nnc2c(N3CC(C(=O)Nc4ccc(S(=O)(=O)Nc5ncccn5)cc4)C3)ncnc21. The Labute approximate surface area is 188 Å². The monoisotopic (exact) mass is 466 g/mol. The van der Waals surface area contributed by atoms with Gasteiger partial charge in [-0.15, -0.1) is 5.10 Å². The van der Waals surface area contributed by atoms with Crippen molar-refractivity contribution in [3.8, 4) is 0 Å². The van der Waals surface area contributed by atoms with Gasteiger partial charge in [-0.3, -0.25) is 4.79 Å². The van der Waals surface area contributed by atoms with Crippen LogP contribution in [0.4, 0.5) is 17.5 Å². The lowest BCUT2D eigenvalue weighted by atomic mass is 9.99. The zero-order valence-corrected chi connectivity index (χ0v) is 18.1. The highest BCUT2D eigenvalue weighted by Gasteiger charge is 2.35. The number of benzene rings is 1. The van der Waals surface area contributed by atoms with Crippen LogP contribution in [0.25, 0.3) is 11.2 Å². The van der Waals surface area contributed by atoms with E-state index in [-0.39, 0.29) is 22.7 Å². The van der Waals surface area contributed by atoms with Crippen LogP contribution >= 0.6 is 0 Å². The summed E-state index contributed by atoms with van der Waals surface area (Å²) in [6, 6.07) is 7.45. The second-order valence-corrected chi connectivity index (χ2v) is 9.06. The Morgan fingerprint density at radius 2 is 1.79 bits per heavy atom. The molecule has 1 aromatic carbocycles. The van der Waals surface area contributed by atoms with Gasteiger partial charge in [0.25, 0.3) is 10.0 Å². The fourth-order valence-electron chi connectivity index (χ4n) is 3.38. The number of carbonyl (C=O) groups is 1. The molecular formula is C19H18N10O3S. The van der Waals surface area contributed by atoms with E-state index in [1.54, 1.807) is 17.8 Å². The number of amides is 1. The number of carbonyl (C=O) groups excluding carboxylic acids is 1. The van der Waals surface area contributed by atoms with Crippen molar-refractivity contribution in [1.82, 2.24) is 34.9 Å². The van der Waals surface area contributed by atoms with Gasteiger partial charge in [0, 0.05) is 38.2 Å². The molecule has 0 bridgehead atoms. The normalized spacial score (nSPS) is 14.2. The van der Waals surface area contributed by atoms with Crippen LogP contribution in [0.1, 0.15) is 0 Å². The highest BCUT2D eigenvalue weighted by atomic mass is 32.2. The van der Waals surface area contributed by atoms with Crippen LogP contribution < -0.4 is 14.9 Å². The van der Waals surface area contributed by atoms with Gasteiger partial charge in [0.15, 0.2) is 17.0 Å². The summed E-state index contributed by atoms with van der Waals surface area (Å²) in [6.07, 6.45) is 4.32. The topological polar surface area (TPSA) is 161 Å². The van der Waals surface area contributed by atoms with E-state index in [0.29, 0.717) is 35.8 Å². The molecule has 0 atom stereocenters.